The summed E-state index contributed by atoms with van der Waals surface area (Å²) in [5.41, 5.74) is -10.9. The second-order valence-electron chi connectivity index (χ2n) is 8.49. The lowest BCUT2D eigenvalue weighted by molar-refractivity contribution is -0.384. The Balaban J connectivity index is 1.98. The molecule has 43 heavy (non-hydrogen) atoms. The number of hydrogen-bond donors (Lipinski definition) is 1. The molecule has 0 atom stereocenters. The van der Waals surface area contributed by atoms with Crippen LogP contribution < -0.4 is 10.1 Å². The van der Waals surface area contributed by atoms with Crippen molar-refractivity contribution in [3.8, 4) is 5.75 Å². The van der Waals surface area contributed by atoms with E-state index in [2.05, 4.69) is 26.0 Å². The molecule has 0 bridgehead atoms. The van der Waals surface area contributed by atoms with Crippen LogP contribution in [-0.2, 0) is 12.1 Å². The molecule has 0 aliphatic carbocycles. The normalized spacial score (nSPS) is 12.3. The van der Waals surface area contributed by atoms with Gasteiger partial charge in [0.1, 0.15) is 5.75 Å². The monoisotopic (exact) mass is 690 g/mol. The maximum atomic E-state index is 15.2. The summed E-state index contributed by atoms with van der Waals surface area (Å²) >= 11 is 2.55. The van der Waals surface area contributed by atoms with E-state index in [0.717, 1.165) is 42.5 Å². The third kappa shape index (κ3) is 6.89. The summed E-state index contributed by atoms with van der Waals surface area (Å²) in [6.07, 6.45) is -14.3. The highest BCUT2D eigenvalue weighted by Gasteiger charge is 2.73. The fraction of sp³-hybridized carbons (Fsp3) is 0.200. The lowest BCUT2D eigenvalue weighted by Crippen LogP contribution is -2.50. The molecule has 0 aromatic heterocycles. The van der Waals surface area contributed by atoms with Crippen molar-refractivity contribution in [3.63, 3.8) is 0 Å². The molecule has 0 heterocycles. The van der Waals surface area contributed by atoms with Crippen LogP contribution in [-0.4, -0.2) is 35.6 Å². The number of rotatable bonds is 9. The molecule has 3 aromatic rings. The first-order valence-electron chi connectivity index (χ1n) is 11.3. The topological polar surface area (TPSA) is 98.5 Å². The first-order chi connectivity index (χ1) is 19.8. The largest absolute Gasteiger partial charge is 0.435 e. The predicted molar refractivity (Wildman–Crippen MR) is 131 cm³/mol. The van der Waals surface area contributed by atoms with Gasteiger partial charge in [-0.05, 0) is 36.4 Å². The van der Waals surface area contributed by atoms with Gasteiger partial charge in [-0.15, -0.1) is 0 Å². The van der Waals surface area contributed by atoms with Gasteiger partial charge in [0.25, 0.3) is 11.6 Å². The van der Waals surface area contributed by atoms with Crippen LogP contribution in [0.5, 0.6) is 5.75 Å². The van der Waals surface area contributed by atoms with Crippen LogP contribution in [0.1, 0.15) is 31.8 Å². The summed E-state index contributed by atoms with van der Waals surface area (Å²) in [5.74, 6) is -5.04. The Kier molecular flexibility index (Phi) is 9.43. The van der Waals surface area contributed by atoms with E-state index in [-0.39, 0.29) is 23.4 Å². The van der Waals surface area contributed by atoms with Gasteiger partial charge < -0.3 is 10.1 Å². The first kappa shape index (κ1) is 33.3. The minimum atomic E-state index is -6.59. The molecule has 0 spiro atoms. The van der Waals surface area contributed by atoms with Crippen molar-refractivity contribution in [2.24, 2.45) is 0 Å². The van der Waals surface area contributed by atoms with Gasteiger partial charge in [0.15, 0.2) is 11.6 Å². The number of carbonyl (C=O) groups excluding carboxylic acids is 2. The van der Waals surface area contributed by atoms with Crippen molar-refractivity contribution in [1.82, 2.24) is 0 Å². The second-order valence-corrected chi connectivity index (χ2v) is 9.35. The van der Waals surface area contributed by atoms with Crippen molar-refractivity contribution < 1.29 is 63.2 Å². The van der Waals surface area contributed by atoms with Crippen molar-refractivity contribution in [2.75, 3.05) is 5.32 Å². The number of non-ortho nitro benzene ring substituents is 1. The number of ketones is 1. The fourth-order valence-electron chi connectivity index (χ4n) is 3.70. The molecule has 18 heteroatoms. The highest BCUT2D eigenvalue weighted by molar-refractivity contribution is 9.10. The Labute approximate surface area is 241 Å². The van der Waals surface area contributed by atoms with Gasteiger partial charge in [-0.25, -0.2) is 8.78 Å². The summed E-state index contributed by atoms with van der Waals surface area (Å²) in [6, 6.07) is 6.70. The molecule has 0 radical (unpaired) electrons. The molecule has 3 rings (SSSR count). The van der Waals surface area contributed by atoms with Crippen molar-refractivity contribution in [3.05, 3.63) is 97.3 Å². The molecular weight excluding hydrogens is 678 g/mol. The molecule has 0 aliphatic rings. The summed E-state index contributed by atoms with van der Waals surface area (Å²) < 4.78 is 138. The zero-order valence-corrected chi connectivity index (χ0v) is 22.2. The van der Waals surface area contributed by atoms with Gasteiger partial charge in [-0.1, -0.05) is 22.0 Å². The Morgan fingerprint density at radius 1 is 0.953 bits per heavy atom. The molecule has 1 N–H and O–H groups in total. The number of carbonyl (C=O) groups is 2. The average Bonchev–Trinajstić information content (AvgIpc) is 2.89. The first-order valence-corrected chi connectivity index (χ1v) is 12.0. The second kappa shape index (κ2) is 12.2. The number of nitro benzene ring substituents is 1. The Bertz CT molecular complexity index is 1550. The van der Waals surface area contributed by atoms with Crippen molar-refractivity contribution >= 4 is 39.0 Å². The Morgan fingerprint density at radius 3 is 2.05 bits per heavy atom. The lowest BCUT2D eigenvalue weighted by Gasteiger charge is -2.31. The van der Waals surface area contributed by atoms with Crippen LogP contribution in [0.25, 0.3) is 0 Å². The van der Waals surface area contributed by atoms with E-state index in [4.69, 9.17) is 0 Å². The minimum absolute atomic E-state index is 0.0286. The summed E-state index contributed by atoms with van der Waals surface area (Å²) in [7, 11) is 0. The molecule has 1 amide bonds. The van der Waals surface area contributed by atoms with Crippen LogP contribution in [0.3, 0.4) is 0 Å². The average molecular weight is 691 g/mol. The summed E-state index contributed by atoms with van der Waals surface area (Å²) in [5, 5.41) is 12.9. The number of ether oxygens (including phenoxy) is 1. The summed E-state index contributed by atoms with van der Waals surface area (Å²) in [4.78, 5) is 35.4. The van der Waals surface area contributed by atoms with Crippen LogP contribution in [0.4, 0.5) is 55.3 Å². The summed E-state index contributed by atoms with van der Waals surface area (Å²) in [6.45, 7) is -3.85. The number of Topliss-reactive ketones (excluding diaryl/α,β-unsaturated/α-hetero) is 1. The standard InChI is InChI=1S/C25H13BrF10N2O5/c26-16-8-12(23(30,24(31,32)33)25(34,35)36)9-19(43-22(28)29)15(16)10-18(39)14-2-1-3-17(20(14)27)37-21(40)11-4-6-13(7-5-11)38(41)42/h1-9,22H,10H2,(H,37,40). The van der Waals surface area contributed by atoms with Crippen LogP contribution in [0.2, 0.25) is 0 Å². The Morgan fingerprint density at radius 2 is 1.53 bits per heavy atom. The van der Waals surface area contributed by atoms with Gasteiger partial charge in [-0.3, -0.25) is 19.7 Å². The van der Waals surface area contributed by atoms with E-state index in [1.54, 1.807) is 0 Å². The van der Waals surface area contributed by atoms with E-state index in [1.807, 2.05) is 0 Å². The van der Waals surface area contributed by atoms with Gasteiger partial charge >= 0.3 is 24.6 Å². The highest BCUT2D eigenvalue weighted by Crippen LogP contribution is 2.54. The maximum Gasteiger partial charge on any atom is 0.435 e. The van der Waals surface area contributed by atoms with Gasteiger partial charge in [0.05, 0.1) is 16.2 Å². The molecule has 230 valence electrons. The number of benzene rings is 3. The highest BCUT2D eigenvalue weighted by atomic mass is 79.9. The molecular formula is C25H13BrF10N2O5. The van der Waals surface area contributed by atoms with E-state index in [9.17, 15) is 59.2 Å². The third-order valence-electron chi connectivity index (χ3n) is 5.77. The van der Waals surface area contributed by atoms with Crippen LogP contribution in [0, 0.1) is 15.9 Å². The molecule has 0 saturated heterocycles. The smallest absolute Gasteiger partial charge is 0.434 e. The third-order valence-corrected chi connectivity index (χ3v) is 6.48. The fourth-order valence-corrected chi connectivity index (χ4v) is 4.28. The molecule has 0 fully saturated rings. The van der Waals surface area contributed by atoms with Crippen molar-refractivity contribution in [1.29, 1.82) is 0 Å². The number of halogens is 11. The van der Waals surface area contributed by atoms with E-state index in [1.165, 1.54) is 0 Å². The number of nitro groups is 1. The molecule has 0 aliphatic heterocycles. The zero-order chi connectivity index (χ0) is 32.5. The van der Waals surface area contributed by atoms with E-state index < -0.39 is 86.1 Å². The molecule has 7 nitrogen and oxygen atoms in total. The number of amides is 1. The SMILES string of the molecule is O=C(Nc1cccc(C(=O)Cc2c(Br)cc(C(F)(C(F)(F)F)C(F)(F)F)cc2OC(F)F)c1F)c1ccc([N+](=O)[O-])cc1. The van der Waals surface area contributed by atoms with Gasteiger partial charge in [0, 0.05) is 39.7 Å². The maximum absolute atomic E-state index is 15.2. The minimum Gasteiger partial charge on any atom is -0.434 e. The Hall–Kier alpha value is -4.22. The number of alkyl halides is 9. The van der Waals surface area contributed by atoms with Crippen LogP contribution in [0.15, 0.2) is 59.1 Å². The van der Waals surface area contributed by atoms with Crippen LogP contribution >= 0.6 is 15.9 Å². The predicted octanol–water partition coefficient (Wildman–Crippen LogP) is 8.06. The zero-order valence-electron chi connectivity index (χ0n) is 20.6. The number of nitrogens with one attached hydrogen (secondary N) is 1. The molecule has 3 aromatic carbocycles. The number of nitrogens with zero attached hydrogens (tertiary/aromatic N) is 1. The number of anilines is 1. The molecule has 0 saturated carbocycles. The number of hydrogen-bond acceptors (Lipinski definition) is 5. The molecule has 0 unspecified atom stereocenters. The van der Waals surface area contributed by atoms with Crippen molar-refractivity contribution in [2.45, 2.75) is 31.1 Å². The lowest BCUT2D eigenvalue weighted by atomic mass is 9.91. The van der Waals surface area contributed by atoms with Gasteiger partial charge in [0.2, 0.25) is 0 Å². The van der Waals surface area contributed by atoms with E-state index >= 15 is 4.39 Å². The quantitative estimate of drug-likeness (QED) is 0.106. The van der Waals surface area contributed by atoms with E-state index in [0.29, 0.717) is 0 Å². The van der Waals surface area contributed by atoms with Gasteiger partial charge in [-0.2, -0.15) is 35.1 Å².